The number of hydrogen-bond donors (Lipinski definition) is 2. The molecule has 3 rings (SSSR count). The standard InChI is InChI=1S/C18H24ClN5O2/c1-12(26-16-5-3-14(19)4-6-16)11-21-18(25)17-13(2)24(23-22-17)15-7-9-20-10-8-15/h3-6,12,15,20H,7-11H2,1-2H3,(H,21,25). The number of carbonyl (C=O) groups excluding carboxylic acids is 1. The molecule has 1 aromatic heterocycles. The van der Waals surface area contributed by atoms with Gasteiger partial charge in [-0.25, -0.2) is 4.68 Å². The zero-order valence-electron chi connectivity index (χ0n) is 15.0. The first kappa shape index (κ1) is 18.7. The lowest BCUT2D eigenvalue weighted by Crippen LogP contribution is -2.34. The normalized spacial score (nSPS) is 16.3. The molecule has 0 bridgehead atoms. The van der Waals surface area contributed by atoms with Gasteiger partial charge in [-0.1, -0.05) is 16.8 Å². The highest BCUT2D eigenvalue weighted by atomic mass is 35.5. The molecule has 1 aliphatic heterocycles. The van der Waals surface area contributed by atoms with Crippen LogP contribution in [-0.4, -0.2) is 46.6 Å². The Hall–Kier alpha value is -2.12. The first-order chi connectivity index (χ1) is 12.5. The van der Waals surface area contributed by atoms with Crippen molar-refractivity contribution in [2.75, 3.05) is 19.6 Å². The van der Waals surface area contributed by atoms with Crippen molar-refractivity contribution in [1.82, 2.24) is 25.6 Å². The summed E-state index contributed by atoms with van der Waals surface area (Å²) < 4.78 is 7.64. The number of nitrogens with one attached hydrogen (secondary N) is 2. The van der Waals surface area contributed by atoms with E-state index in [1.165, 1.54) is 0 Å². The van der Waals surface area contributed by atoms with Crippen molar-refractivity contribution in [3.63, 3.8) is 0 Å². The average Bonchev–Trinajstić information content (AvgIpc) is 3.04. The third-order valence-electron chi connectivity index (χ3n) is 4.50. The summed E-state index contributed by atoms with van der Waals surface area (Å²) in [6.45, 7) is 6.09. The van der Waals surface area contributed by atoms with Gasteiger partial charge in [-0.2, -0.15) is 0 Å². The van der Waals surface area contributed by atoms with E-state index < -0.39 is 0 Å². The van der Waals surface area contributed by atoms with Crippen molar-refractivity contribution in [1.29, 1.82) is 0 Å². The monoisotopic (exact) mass is 377 g/mol. The molecule has 1 aliphatic rings. The van der Waals surface area contributed by atoms with E-state index in [4.69, 9.17) is 16.3 Å². The highest BCUT2D eigenvalue weighted by molar-refractivity contribution is 6.30. The van der Waals surface area contributed by atoms with Gasteiger partial charge in [0.15, 0.2) is 5.69 Å². The van der Waals surface area contributed by atoms with Crippen LogP contribution in [0.1, 0.15) is 42.0 Å². The number of ether oxygens (including phenoxy) is 1. The van der Waals surface area contributed by atoms with Crippen molar-refractivity contribution < 1.29 is 9.53 Å². The molecule has 26 heavy (non-hydrogen) atoms. The van der Waals surface area contributed by atoms with E-state index in [9.17, 15) is 4.79 Å². The molecule has 0 saturated carbocycles. The number of carbonyl (C=O) groups is 1. The number of rotatable bonds is 6. The van der Waals surface area contributed by atoms with Gasteiger partial charge in [-0.3, -0.25) is 4.79 Å². The molecule has 1 atom stereocenters. The van der Waals surface area contributed by atoms with E-state index in [1.807, 2.05) is 18.5 Å². The lowest BCUT2D eigenvalue weighted by molar-refractivity contribution is 0.0926. The SMILES string of the molecule is Cc1c(C(=O)NCC(C)Oc2ccc(Cl)cc2)nnn1C1CCNCC1. The van der Waals surface area contributed by atoms with Gasteiger partial charge in [0.05, 0.1) is 18.3 Å². The van der Waals surface area contributed by atoms with Crippen LogP contribution in [0.3, 0.4) is 0 Å². The largest absolute Gasteiger partial charge is 0.489 e. The second-order valence-electron chi connectivity index (χ2n) is 6.54. The Labute approximate surface area is 158 Å². The van der Waals surface area contributed by atoms with Gasteiger partial charge >= 0.3 is 0 Å². The fraction of sp³-hybridized carbons (Fsp3) is 0.500. The molecular weight excluding hydrogens is 354 g/mol. The fourth-order valence-corrected chi connectivity index (χ4v) is 3.18. The van der Waals surface area contributed by atoms with Gasteiger partial charge in [0.25, 0.3) is 5.91 Å². The summed E-state index contributed by atoms with van der Waals surface area (Å²) >= 11 is 5.86. The van der Waals surface area contributed by atoms with Crippen LogP contribution in [0.5, 0.6) is 5.75 Å². The first-order valence-electron chi connectivity index (χ1n) is 8.87. The molecule has 2 aromatic rings. The van der Waals surface area contributed by atoms with E-state index >= 15 is 0 Å². The minimum Gasteiger partial charge on any atom is -0.489 e. The van der Waals surface area contributed by atoms with Gasteiger partial charge in [0.2, 0.25) is 0 Å². The topological polar surface area (TPSA) is 81.1 Å². The Morgan fingerprint density at radius 2 is 2.08 bits per heavy atom. The molecule has 1 fully saturated rings. The molecule has 0 aliphatic carbocycles. The molecule has 1 saturated heterocycles. The summed E-state index contributed by atoms with van der Waals surface area (Å²) in [5, 5.41) is 15.1. The lowest BCUT2D eigenvalue weighted by Gasteiger charge is -2.23. The second kappa shape index (κ2) is 8.51. The Balaban J connectivity index is 1.54. The van der Waals surface area contributed by atoms with Gasteiger partial charge < -0.3 is 15.4 Å². The van der Waals surface area contributed by atoms with Crippen molar-refractivity contribution >= 4 is 17.5 Å². The minimum atomic E-state index is -0.228. The van der Waals surface area contributed by atoms with Crippen LogP contribution >= 0.6 is 11.6 Å². The molecular formula is C18H24ClN5O2. The summed E-state index contributed by atoms with van der Waals surface area (Å²) in [5.41, 5.74) is 1.18. The van der Waals surface area contributed by atoms with Crippen LogP contribution in [0, 0.1) is 6.92 Å². The van der Waals surface area contributed by atoms with Crippen LogP contribution in [0.2, 0.25) is 5.02 Å². The van der Waals surface area contributed by atoms with Crippen molar-refractivity contribution in [3.05, 3.63) is 40.7 Å². The van der Waals surface area contributed by atoms with Gasteiger partial charge in [-0.15, -0.1) is 5.10 Å². The molecule has 1 amide bonds. The summed E-state index contributed by atoms with van der Waals surface area (Å²) in [4.78, 5) is 12.5. The summed E-state index contributed by atoms with van der Waals surface area (Å²) in [6.07, 6.45) is 1.81. The molecule has 1 aromatic carbocycles. The number of hydrogen-bond acceptors (Lipinski definition) is 5. The lowest BCUT2D eigenvalue weighted by atomic mass is 10.1. The van der Waals surface area contributed by atoms with Crippen LogP contribution in [-0.2, 0) is 0 Å². The van der Waals surface area contributed by atoms with Gasteiger partial charge in [-0.05, 0) is 64.0 Å². The molecule has 140 valence electrons. The summed E-state index contributed by atoms with van der Waals surface area (Å²) in [5.74, 6) is 0.485. The number of benzene rings is 1. The molecule has 0 spiro atoms. The smallest absolute Gasteiger partial charge is 0.273 e. The molecule has 7 nitrogen and oxygen atoms in total. The number of halogens is 1. The van der Waals surface area contributed by atoms with Crippen molar-refractivity contribution in [2.45, 2.75) is 38.8 Å². The minimum absolute atomic E-state index is 0.181. The Kier molecular flexibility index (Phi) is 6.11. The third-order valence-corrected chi connectivity index (χ3v) is 4.75. The zero-order chi connectivity index (χ0) is 18.5. The molecule has 8 heteroatoms. The number of nitrogens with zero attached hydrogens (tertiary/aromatic N) is 3. The Morgan fingerprint density at radius 1 is 1.38 bits per heavy atom. The van der Waals surface area contributed by atoms with Crippen molar-refractivity contribution in [2.24, 2.45) is 0 Å². The van der Waals surface area contributed by atoms with Crippen LogP contribution in [0.15, 0.2) is 24.3 Å². The highest BCUT2D eigenvalue weighted by Gasteiger charge is 2.23. The molecule has 2 heterocycles. The Bertz CT molecular complexity index is 741. The zero-order valence-corrected chi connectivity index (χ0v) is 15.8. The predicted molar refractivity (Wildman–Crippen MR) is 99.8 cm³/mol. The van der Waals surface area contributed by atoms with E-state index in [0.717, 1.165) is 31.6 Å². The number of piperidine rings is 1. The molecule has 0 radical (unpaired) electrons. The molecule has 1 unspecified atom stereocenters. The second-order valence-corrected chi connectivity index (χ2v) is 6.98. The number of amides is 1. The van der Waals surface area contributed by atoms with Crippen molar-refractivity contribution in [3.8, 4) is 5.75 Å². The average molecular weight is 378 g/mol. The number of aromatic nitrogens is 3. The summed E-state index contributed by atoms with van der Waals surface area (Å²) in [6, 6.07) is 7.44. The maximum atomic E-state index is 12.5. The van der Waals surface area contributed by atoms with Crippen LogP contribution in [0.25, 0.3) is 0 Å². The van der Waals surface area contributed by atoms with E-state index in [2.05, 4.69) is 20.9 Å². The Morgan fingerprint density at radius 3 is 2.77 bits per heavy atom. The van der Waals surface area contributed by atoms with E-state index in [0.29, 0.717) is 29.1 Å². The van der Waals surface area contributed by atoms with E-state index in [1.54, 1.807) is 24.3 Å². The van der Waals surface area contributed by atoms with Gasteiger partial charge in [0.1, 0.15) is 11.9 Å². The quantitative estimate of drug-likeness (QED) is 0.807. The highest BCUT2D eigenvalue weighted by Crippen LogP contribution is 2.20. The maximum Gasteiger partial charge on any atom is 0.273 e. The van der Waals surface area contributed by atoms with Gasteiger partial charge in [0, 0.05) is 5.02 Å². The fourth-order valence-electron chi connectivity index (χ4n) is 3.06. The van der Waals surface area contributed by atoms with Crippen LogP contribution in [0.4, 0.5) is 0 Å². The van der Waals surface area contributed by atoms with Crippen LogP contribution < -0.4 is 15.4 Å². The molecule has 2 N–H and O–H groups in total. The maximum absolute atomic E-state index is 12.5. The third kappa shape index (κ3) is 4.53. The first-order valence-corrected chi connectivity index (χ1v) is 9.25. The predicted octanol–water partition coefficient (Wildman–Crippen LogP) is 2.36. The summed E-state index contributed by atoms with van der Waals surface area (Å²) in [7, 11) is 0. The van der Waals surface area contributed by atoms with E-state index in [-0.39, 0.29) is 12.0 Å².